The van der Waals surface area contributed by atoms with E-state index in [9.17, 15) is 5.11 Å². The van der Waals surface area contributed by atoms with Gasteiger partial charge in [0.25, 0.3) is 0 Å². The molecule has 3 heteroatoms. The van der Waals surface area contributed by atoms with Crippen molar-refractivity contribution in [2.45, 2.75) is 0 Å². The number of benzene rings is 1. The number of allylic oxidation sites excluding steroid dienone is 1. The van der Waals surface area contributed by atoms with Crippen LogP contribution in [-0.2, 0) is 0 Å². The lowest BCUT2D eigenvalue weighted by atomic mass is 10.1. The van der Waals surface area contributed by atoms with Crippen molar-refractivity contribution in [1.29, 1.82) is 0 Å². The largest absolute Gasteiger partial charge is 0.507 e. The van der Waals surface area contributed by atoms with Crippen molar-refractivity contribution in [1.82, 2.24) is 0 Å². The van der Waals surface area contributed by atoms with Crippen LogP contribution in [-0.4, -0.2) is 11.0 Å². The van der Waals surface area contributed by atoms with Gasteiger partial charge >= 0.3 is 0 Å². The molecule has 0 aliphatic carbocycles. The van der Waals surface area contributed by atoms with Crippen molar-refractivity contribution < 1.29 is 5.11 Å². The van der Waals surface area contributed by atoms with E-state index in [1.807, 2.05) is 0 Å². The number of hydrogen-bond acceptors (Lipinski definition) is 1. The van der Waals surface area contributed by atoms with Crippen LogP contribution < -0.4 is 0 Å². The Labute approximate surface area is 81.2 Å². The number of rotatable bonds is 2. The molecule has 0 unspecified atom stereocenters. The van der Waals surface area contributed by atoms with Gasteiger partial charge in [0.05, 0.1) is 5.02 Å². The molecule has 64 valence electrons. The highest BCUT2D eigenvalue weighted by Gasteiger charge is 2.07. The van der Waals surface area contributed by atoms with E-state index in [2.05, 4.69) is 6.58 Å². The molecule has 0 heterocycles. The number of phenolic OH excluding ortho intramolecular Hbond substituents is 1. The second kappa shape index (κ2) is 3.83. The predicted octanol–water partition coefficient (Wildman–Crippen LogP) is 3.30. The first-order valence-electron chi connectivity index (χ1n) is 3.38. The zero-order valence-electron chi connectivity index (χ0n) is 6.35. The van der Waals surface area contributed by atoms with Gasteiger partial charge in [0.1, 0.15) is 5.75 Å². The van der Waals surface area contributed by atoms with Gasteiger partial charge in [0, 0.05) is 11.4 Å². The molecule has 0 saturated carbocycles. The lowest BCUT2D eigenvalue weighted by molar-refractivity contribution is 0.473. The molecule has 1 nitrogen and oxygen atoms in total. The zero-order chi connectivity index (χ0) is 9.14. The molecule has 0 saturated heterocycles. The smallest absolute Gasteiger partial charge is 0.124 e. The highest BCUT2D eigenvalue weighted by atomic mass is 35.5. The fourth-order valence-electron chi connectivity index (χ4n) is 0.930. The molecule has 1 aromatic rings. The lowest BCUT2D eigenvalue weighted by Gasteiger charge is -2.06. The molecule has 0 aliphatic heterocycles. The van der Waals surface area contributed by atoms with Gasteiger partial charge in [-0.2, -0.15) is 0 Å². The standard InChI is InChI=1S/C9H8Cl2O/c1-6(5-10)9-7(11)3-2-4-8(9)12/h2-4,12H,1,5H2. The van der Waals surface area contributed by atoms with Crippen LogP contribution >= 0.6 is 23.2 Å². The average Bonchev–Trinajstić information content (AvgIpc) is 2.03. The van der Waals surface area contributed by atoms with E-state index in [-0.39, 0.29) is 11.6 Å². The van der Waals surface area contributed by atoms with E-state index in [1.54, 1.807) is 18.2 Å². The minimum atomic E-state index is 0.119. The summed E-state index contributed by atoms with van der Waals surface area (Å²) in [7, 11) is 0. The molecule has 0 bridgehead atoms. The molecule has 0 spiro atoms. The Balaban J connectivity index is 3.21. The monoisotopic (exact) mass is 202 g/mol. The summed E-state index contributed by atoms with van der Waals surface area (Å²) in [6, 6.07) is 4.91. The second-order valence-electron chi connectivity index (χ2n) is 2.37. The van der Waals surface area contributed by atoms with Gasteiger partial charge in [0.15, 0.2) is 0 Å². The van der Waals surface area contributed by atoms with Gasteiger partial charge in [-0.15, -0.1) is 11.6 Å². The molecule has 0 atom stereocenters. The molecule has 1 N–H and O–H groups in total. The summed E-state index contributed by atoms with van der Waals surface area (Å²) in [6.07, 6.45) is 0. The minimum Gasteiger partial charge on any atom is -0.507 e. The van der Waals surface area contributed by atoms with Crippen LogP contribution in [0.5, 0.6) is 5.75 Å². The van der Waals surface area contributed by atoms with Gasteiger partial charge in [-0.3, -0.25) is 0 Å². The Kier molecular flexibility index (Phi) is 3.01. The Morgan fingerprint density at radius 1 is 1.50 bits per heavy atom. The van der Waals surface area contributed by atoms with Crippen LogP contribution in [0.3, 0.4) is 0 Å². The third-order valence-corrected chi connectivity index (χ3v) is 2.14. The maximum atomic E-state index is 9.39. The van der Waals surface area contributed by atoms with Gasteiger partial charge in [0.2, 0.25) is 0 Å². The van der Waals surface area contributed by atoms with E-state index in [0.29, 0.717) is 16.2 Å². The van der Waals surface area contributed by atoms with Gasteiger partial charge in [-0.25, -0.2) is 0 Å². The first kappa shape index (κ1) is 9.43. The summed E-state index contributed by atoms with van der Waals surface area (Å²) in [5, 5.41) is 9.86. The normalized spacial score (nSPS) is 9.83. The fourth-order valence-corrected chi connectivity index (χ4v) is 1.37. The Morgan fingerprint density at radius 2 is 2.17 bits per heavy atom. The van der Waals surface area contributed by atoms with Crippen molar-refractivity contribution in [3.8, 4) is 5.75 Å². The molecule has 0 aliphatic rings. The quantitative estimate of drug-likeness (QED) is 0.731. The summed E-state index contributed by atoms with van der Waals surface area (Å²) < 4.78 is 0. The fraction of sp³-hybridized carbons (Fsp3) is 0.111. The number of aromatic hydroxyl groups is 1. The molecule has 1 rings (SSSR count). The van der Waals surface area contributed by atoms with Gasteiger partial charge < -0.3 is 5.11 Å². The number of alkyl halides is 1. The predicted molar refractivity (Wildman–Crippen MR) is 52.9 cm³/mol. The van der Waals surface area contributed by atoms with Crippen molar-refractivity contribution in [2.75, 3.05) is 5.88 Å². The topological polar surface area (TPSA) is 20.2 Å². The van der Waals surface area contributed by atoms with Crippen LogP contribution in [0.15, 0.2) is 24.8 Å². The summed E-state index contributed by atoms with van der Waals surface area (Å²) in [4.78, 5) is 0. The Morgan fingerprint density at radius 3 is 2.67 bits per heavy atom. The maximum absolute atomic E-state index is 9.39. The van der Waals surface area contributed by atoms with E-state index in [0.717, 1.165) is 0 Å². The number of phenols is 1. The maximum Gasteiger partial charge on any atom is 0.124 e. The van der Waals surface area contributed by atoms with Crippen LogP contribution in [0.1, 0.15) is 5.56 Å². The van der Waals surface area contributed by atoms with Crippen molar-refractivity contribution in [2.24, 2.45) is 0 Å². The highest BCUT2D eigenvalue weighted by molar-refractivity contribution is 6.33. The molecular weight excluding hydrogens is 195 g/mol. The van der Waals surface area contributed by atoms with E-state index in [1.165, 1.54) is 0 Å². The van der Waals surface area contributed by atoms with Crippen LogP contribution in [0.4, 0.5) is 0 Å². The molecule has 0 fully saturated rings. The summed E-state index contributed by atoms with van der Waals surface area (Å²) in [5.41, 5.74) is 1.16. The highest BCUT2D eigenvalue weighted by Crippen LogP contribution is 2.31. The van der Waals surface area contributed by atoms with E-state index in [4.69, 9.17) is 23.2 Å². The first-order chi connectivity index (χ1) is 5.66. The molecular formula is C9H8Cl2O. The summed E-state index contributed by atoms with van der Waals surface area (Å²) >= 11 is 11.4. The Bertz CT molecular complexity index is 287. The van der Waals surface area contributed by atoms with Crippen molar-refractivity contribution in [3.63, 3.8) is 0 Å². The SMILES string of the molecule is C=C(CCl)c1c(O)cccc1Cl. The molecule has 0 amide bonds. The minimum absolute atomic E-state index is 0.119. The first-order valence-corrected chi connectivity index (χ1v) is 4.29. The second-order valence-corrected chi connectivity index (χ2v) is 3.05. The average molecular weight is 203 g/mol. The zero-order valence-corrected chi connectivity index (χ0v) is 7.86. The van der Waals surface area contributed by atoms with Crippen LogP contribution in [0, 0.1) is 0 Å². The number of halogens is 2. The molecule has 0 radical (unpaired) electrons. The van der Waals surface area contributed by atoms with Gasteiger partial charge in [-0.05, 0) is 17.7 Å². The lowest BCUT2D eigenvalue weighted by Crippen LogP contribution is -1.86. The number of hydrogen-bond donors (Lipinski definition) is 1. The van der Waals surface area contributed by atoms with Crippen molar-refractivity contribution >= 4 is 28.8 Å². The van der Waals surface area contributed by atoms with Crippen LogP contribution in [0.2, 0.25) is 5.02 Å². The van der Waals surface area contributed by atoms with E-state index < -0.39 is 0 Å². The third-order valence-electron chi connectivity index (χ3n) is 1.51. The Hall–Kier alpha value is -0.660. The third kappa shape index (κ3) is 1.74. The van der Waals surface area contributed by atoms with Gasteiger partial charge in [-0.1, -0.05) is 24.2 Å². The van der Waals surface area contributed by atoms with E-state index >= 15 is 0 Å². The van der Waals surface area contributed by atoms with Crippen molar-refractivity contribution in [3.05, 3.63) is 35.4 Å². The molecule has 0 aromatic heterocycles. The summed E-state index contributed by atoms with van der Waals surface area (Å²) in [5.74, 6) is 0.380. The molecule has 12 heavy (non-hydrogen) atoms. The van der Waals surface area contributed by atoms with Crippen LogP contribution in [0.25, 0.3) is 5.57 Å². The summed E-state index contributed by atoms with van der Waals surface area (Å²) in [6.45, 7) is 3.69. The molecule has 1 aromatic carbocycles.